The second kappa shape index (κ2) is 10.2. The van der Waals surface area contributed by atoms with Crippen molar-refractivity contribution in [1.82, 2.24) is 10.2 Å². The summed E-state index contributed by atoms with van der Waals surface area (Å²) in [5.74, 6) is 0.448. The van der Waals surface area contributed by atoms with Gasteiger partial charge < -0.3 is 24.9 Å². The molecule has 1 aromatic heterocycles. The molecular formula is C24H27N3O5. The van der Waals surface area contributed by atoms with Gasteiger partial charge in [0.25, 0.3) is 11.8 Å². The maximum absolute atomic E-state index is 12.4. The molecule has 168 valence electrons. The quantitative estimate of drug-likeness (QED) is 0.473. The van der Waals surface area contributed by atoms with Crippen LogP contribution in [-0.4, -0.2) is 56.1 Å². The van der Waals surface area contributed by atoms with Gasteiger partial charge in [0, 0.05) is 11.9 Å². The van der Waals surface area contributed by atoms with Crippen LogP contribution in [0.3, 0.4) is 0 Å². The fourth-order valence-corrected chi connectivity index (χ4v) is 3.73. The summed E-state index contributed by atoms with van der Waals surface area (Å²) >= 11 is 0. The Balaban J connectivity index is 1.27. The van der Waals surface area contributed by atoms with Gasteiger partial charge >= 0.3 is 0 Å². The Morgan fingerprint density at radius 3 is 2.66 bits per heavy atom. The average molecular weight is 437 g/mol. The van der Waals surface area contributed by atoms with Crippen LogP contribution in [-0.2, 0) is 0 Å². The van der Waals surface area contributed by atoms with Crippen LogP contribution < -0.4 is 20.5 Å². The van der Waals surface area contributed by atoms with E-state index in [9.17, 15) is 9.59 Å². The van der Waals surface area contributed by atoms with Crippen molar-refractivity contribution < 1.29 is 23.5 Å². The van der Waals surface area contributed by atoms with Gasteiger partial charge in [-0.1, -0.05) is 12.1 Å². The van der Waals surface area contributed by atoms with Gasteiger partial charge in [-0.2, -0.15) is 0 Å². The molecule has 0 unspecified atom stereocenters. The van der Waals surface area contributed by atoms with E-state index in [1.54, 1.807) is 36.4 Å². The van der Waals surface area contributed by atoms with Gasteiger partial charge in [-0.05, 0) is 62.3 Å². The summed E-state index contributed by atoms with van der Waals surface area (Å²) in [5.41, 5.74) is 6.25. The molecule has 2 aromatic carbocycles. The highest BCUT2D eigenvalue weighted by Crippen LogP contribution is 2.24. The van der Waals surface area contributed by atoms with Crippen molar-refractivity contribution in [3.63, 3.8) is 0 Å². The molecule has 3 aromatic rings. The van der Waals surface area contributed by atoms with Crippen LogP contribution in [0.4, 0.5) is 0 Å². The van der Waals surface area contributed by atoms with E-state index >= 15 is 0 Å². The molecular weight excluding hydrogens is 410 g/mol. The van der Waals surface area contributed by atoms with Gasteiger partial charge in [-0.15, -0.1) is 0 Å². The smallest absolute Gasteiger partial charge is 0.287 e. The predicted molar refractivity (Wildman–Crippen MR) is 120 cm³/mol. The lowest BCUT2D eigenvalue weighted by molar-refractivity contribution is 0.0918. The molecule has 0 atom stereocenters. The Morgan fingerprint density at radius 1 is 1.03 bits per heavy atom. The number of carbonyl (C=O) groups excluding carboxylic acids is 2. The minimum absolute atomic E-state index is 0.186. The Bertz CT molecular complexity index is 1090. The van der Waals surface area contributed by atoms with E-state index in [0.717, 1.165) is 30.8 Å². The van der Waals surface area contributed by atoms with Gasteiger partial charge in [-0.25, -0.2) is 0 Å². The molecule has 3 N–H and O–H groups in total. The standard InChI is InChI=1S/C24H27N3O5/c25-23(28)19-5-1-2-6-21(19)31-13-9-26-24(29)22-16-17-15-18(7-8-20(17)32-22)30-14-12-27-10-3-4-11-27/h1-2,5-8,15-16H,3-4,9-14H2,(H2,25,28)(H,26,29). The van der Waals surface area contributed by atoms with Gasteiger partial charge in [0.2, 0.25) is 0 Å². The number of hydrogen-bond acceptors (Lipinski definition) is 6. The number of nitrogens with one attached hydrogen (secondary N) is 1. The third-order valence-electron chi connectivity index (χ3n) is 5.38. The minimum atomic E-state index is -0.564. The third kappa shape index (κ3) is 5.39. The topological polar surface area (TPSA) is 107 Å². The molecule has 1 aliphatic heterocycles. The lowest BCUT2D eigenvalue weighted by Crippen LogP contribution is -2.28. The summed E-state index contributed by atoms with van der Waals surface area (Å²) in [7, 11) is 0. The second-order valence-electron chi connectivity index (χ2n) is 7.67. The number of hydrogen-bond donors (Lipinski definition) is 2. The number of likely N-dealkylation sites (tertiary alicyclic amines) is 1. The van der Waals surface area contributed by atoms with E-state index in [1.807, 2.05) is 12.1 Å². The molecule has 0 spiro atoms. The maximum atomic E-state index is 12.4. The maximum Gasteiger partial charge on any atom is 0.287 e. The van der Waals surface area contributed by atoms with Crippen LogP contribution >= 0.6 is 0 Å². The number of fused-ring (bicyclic) bond motifs is 1. The number of amides is 2. The summed E-state index contributed by atoms with van der Waals surface area (Å²) in [5, 5.41) is 3.55. The van der Waals surface area contributed by atoms with Crippen LogP contribution in [0.25, 0.3) is 11.0 Å². The third-order valence-corrected chi connectivity index (χ3v) is 5.38. The van der Waals surface area contributed by atoms with Crippen molar-refractivity contribution in [2.45, 2.75) is 12.8 Å². The molecule has 8 nitrogen and oxygen atoms in total. The predicted octanol–water partition coefficient (Wildman–Crippen LogP) is 2.82. The first-order valence-electron chi connectivity index (χ1n) is 10.8. The largest absolute Gasteiger partial charge is 0.492 e. The van der Waals surface area contributed by atoms with Gasteiger partial charge in [0.1, 0.15) is 30.3 Å². The van der Waals surface area contributed by atoms with Crippen molar-refractivity contribution >= 4 is 22.8 Å². The van der Waals surface area contributed by atoms with Crippen LogP contribution in [0.15, 0.2) is 52.9 Å². The Morgan fingerprint density at radius 2 is 1.84 bits per heavy atom. The summed E-state index contributed by atoms with van der Waals surface area (Å²) in [6.45, 7) is 4.27. The van der Waals surface area contributed by atoms with Crippen molar-refractivity contribution in [3.05, 3.63) is 59.9 Å². The van der Waals surface area contributed by atoms with Crippen molar-refractivity contribution in [2.24, 2.45) is 5.73 Å². The van der Waals surface area contributed by atoms with Gasteiger partial charge in [0.15, 0.2) is 5.76 Å². The van der Waals surface area contributed by atoms with Gasteiger partial charge in [0.05, 0.1) is 12.1 Å². The van der Waals surface area contributed by atoms with E-state index in [0.29, 0.717) is 23.5 Å². The van der Waals surface area contributed by atoms with E-state index in [1.165, 1.54) is 12.8 Å². The van der Waals surface area contributed by atoms with E-state index in [2.05, 4.69) is 10.2 Å². The summed E-state index contributed by atoms with van der Waals surface area (Å²) in [6.07, 6.45) is 2.53. The van der Waals surface area contributed by atoms with E-state index in [-0.39, 0.29) is 24.8 Å². The molecule has 2 heterocycles. The van der Waals surface area contributed by atoms with Crippen molar-refractivity contribution in [2.75, 3.05) is 39.4 Å². The molecule has 0 bridgehead atoms. The number of para-hydroxylation sites is 1. The van der Waals surface area contributed by atoms with Crippen molar-refractivity contribution in [3.8, 4) is 11.5 Å². The average Bonchev–Trinajstić information content (AvgIpc) is 3.46. The van der Waals surface area contributed by atoms with Crippen LogP contribution in [0, 0.1) is 0 Å². The number of carbonyl (C=O) groups is 2. The normalized spacial score (nSPS) is 13.9. The zero-order valence-electron chi connectivity index (χ0n) is 17.8. The zero-order chi connectivity index (χ0) is 22.3. The molecule has 0 radical (unpaired) electrons. The number of rotatable bonds is 10. The molecule has 4 rings (SSSR count). The SMILES string of the molecule is NC(=O)c1ccccc1OCCNC(=O)c1cc2cc(OCCN3CCCC3)ccc2o1. The first kappa shape index (κ1) is 21.7. The first-order valence-corrected chi connectivity index (χ1v) is 10.8. The van der Waals surface area contributed by atoms with Crippen LogP contribution in [0.1, 0.15) is 33.8 Å². The van der Waals surface area contributed by atoms with E-state index in [4.69, 9.17) is 19.6 Å². The van der Waals surface area contributed by atoms with Crippen molar-refractivity contribution in [1.29, 1.82) is 0 Å². The molecule has 1 fully saturated rings. The molecule has 1 aliphatic rings. The number of primary amides is 1. The highest BCUT2D eigenvalue weighted by molar-refractivity contribution is 5.96. The Hall–Kier alpha value is -3.52. The van der Waals surface area contributed by atoms with Crippen LogP contribution in [0.2, 0.25) is 0 Å². The molecule has 32 heavy (non-hydrogen) atoms. The number of benzene rings is 2. The summed E-state index contributed by atoms with van der Waals surface area (Å²) in [6, 6.07) is 13.9. The molecule has 0 aliphatic carbocycles. The fourth-order valence-electron chi connectivity index (χ4n) is 3.73. The fraction of sp³-hybridized carbons (Fsp3) is 0.333. The minimum Gasteiger partial charge on any atom is -0.492 e. The lowest BCUT2D eigenvalue weighted by Gasteiger charge is -2.14. The van der Waals surface area contributed by atoms with Gasteiger partial charge in [-0.3, -0.25) is 14.5 Å². The number of nitrogens with zero attached hydrogens (tertiary/aromatic N) is 1. The van der Waals surface area contributed by atoms with Crippen LogP contribution in [0.5, 0.6) is 11.5 Å². The summed E-state index contributed by atoms with van der Waals surface area (Å²) in [4.78, 5) is 26.3. The lowest BCUT2D eigenvalue weighted by atomic mass is 10.2. The molecule has 1 saturated heterocycles. The number of ether oxygens (including phenoxy) is 2. The molecule has 8 heteroatoms. The van der Waals surface area contributed by atoms with E-state index < -0.39 is 5.91 Å². The highest BCUT2D eigenvalue weighted by Gasteiger charge is 2.14. The Labute approximate surface area is 186 Å². The zero-order valence-corrected chi connectivity index (χ0v) is 17.8. The number of nitrogens with two attached hydrogens (primary N) is 1. The summed E-state index contributed by atoms with van der Waals surface area (Å²) < 4.78 is 17.1. The monoisotopic (exact) mass is 437 g/mol. The molecule has 0 saturated carbocycles. The Kier molecular flexibility index (Phi) is 6.91. The number of furan rings is 1. The highest BCUT2D eigenvalue weighted by atomic mass is 16.5. The molecule has 2 amide bonds. The first-order chi connectivity index (χ1) is 15.6. The second-order valence-corrected chi connectivity index (χ2v) is 7.67.